The van der Waals surface area contributed by atoms with Gasteiger partial charge in [0.1, 0.15) is 0 Å². The van der Waals surface area contributed by atoms with Gasteiger partial charge in [-0.3, -0.25) is 0 Å². The van der Waals surface area contributed by atoms with E-state index < -0.39 is 0 Å². The maximum atomic E-state index is 6.80. The summed E-state index contributed by atoms with van der Waals surface area (Å²) in [6.07, 6.45) is 7.98. The minimum atomic E-state index is -0.100. The number of rotatable bonds is 7. The Morgan fingerprint density at radius 1 is 1.35 bits per heavy atom. The molecule has 3 N–H and O–H groups in total. The van der Waals surface area contributed by atoms with E-state index in [0.29, 0.717) is 18.1 Å². The van der Waals surface area contributed by atoms with Crippen molar-refractivity contribution in [3.8, 4) is 0 Å². The van der Waals surface area contributed by atoms with Crippen LogP contribution in [0.2, 0.25) is 0 Å². The quantitative estimate of drug-likeness (QED) is 0.705. The summed E-state index contributed by atoms with van der Waals surface area (Å²) >= 11 is 0. The van der Waals surface area contributed by atoms with E-state index >= 15 is 0 Å². The van der Waals surface area contributed by atoms with E-state index in [4.69, 9.17) is 10.5 Å². The van der Waals surface area contributed by atoms with Crippen LogP contribution in [-0.2, 0) is 4.74 Å². The third kappa shape index (κ3) is 2.77. The highest BCUT2D eigenvalue weighted by Crippen LogP contribution is 2.57. The van der Waals surface area contributed by atoms with Crippen LogP contribution in [0.3, 0.4) is 0 Å². The van der Waals surface area contributed by atoms with Gasteiger partial charge in [-0.2, -0.15) is 0 Å². The Morgan fingerprint density at radius 2 is 2.10 bits per heavy atom. The normalized spacial score (nSPS) is 37.0. The van der Waals surface area contributed by atoms with Crippen molar-refractivity contribution in [2.45, 2.75) is 83.9 Å². The highest BCUT2D eigenvalue weighted by atomic mass is 16.5. The van der Waals surface area contributed by atoms with Gasteiger partial charge in [-0.05, 0) is 26.2 Å². The molecule has 1 saturated carbocycles. The summed E-state index contributed by atoms with van der Waals surface area (Å²) in [6, 6.07) is 0.571. The van der Waals surface area contributed by atoms with Crippen LogP contribution >= 0.6 is 0 Å². The van der Waals surface area contributed by atoms with Crippen molar-refractivity contribution in [2.24, 2.45) is 17.1 Å². The molecule has 1 saturated heterocycles. The van der Waals surface area contributed by atoms with Crippen molar-refractivity contribution in [2.75, 3.05) is 13.2 Å². The monoisotopic (exact) mass is 282 g/mol. The predicted molar refractivity (Wildman–Crippen MR) is 84.8 cm³/mol. The number of nitrogens with one attached hydrogen (secondary N) is 1. The second-order valence-electron chi connectivity index (χ2n) is 7.58. The van der Waals surface area contributed by atoms with Crippen molar-refractivity contribution in [3.63, 3.8) is 0 Å². The van der Waals surface area contributed by atoms with Gasteiger partial charge < -0.3 is 15.8 Å². The average Bonchev–Trinajstić information content (AvgIpc) is 2.45. The SMILES string of the molecule is CCCCCC(C)NCC1(N)C2CCCOC2C1(C)C. The van der Waals surface area contributed by atoms with Crippen molar-refractivity contribution < 1.29 is 4.74 Å². The zero-order valence-electron chi connectivity index (χ0n) is 13.9. The molecular formula is C17H34N2O. The largest absolute Gasteiger partial charge is 0.377 e. The molecule has 20 heavy (non-hydrogen) atoms. The van der Waals surface area contributed by atoms with Crippen molar-refractivity contribution >= 4 is 0 Å². The van der Waals surface area contributed by atoms with Gasteiger partial charge in [0.25, 0.3) is 0 Å². The number of unbranched alkanes of at least 4 members (excludes halogenated alkanes) is 2. The Morgan fingerprint density at radius 3 is 2.80 bits per heavy atom. The molecule has 0 spiro atoms. The lowest BCUT2D eigenvalue weighted by Gasteiger charge is -2.66. The first-order valence-corrected chi connectivity index (χ1v) is 8.57. The van der Waals surface area contributed by atoms with E-state index in [9.17, 15) is 0 Å². The van der Waals surface area contributed by atoms with Gasteiger partial charge in [0, 0.05) is 36.1 Å². The molecule has 1 aliphatic carbocycles. The minimum Gasteiger partial charge on any atom is -0.377 e. The Balaban J connectivity index is 1.84. The van der Waals surface area contributed by atoms with Gasteiger partial charge >= 0.3 is 0 Å². The average molecular weight is 282 g/mol. The maximum Gasteiger partial charge on any atom is 0.0690 e. The first-order chi connectivity index (χ1) is 9.43. The Bertz CT molecular complexity index is 318. The van der Waals surface area contributed by atoms with E-state index in [0.717, 1.165) is 13.2 Å². The zero-order chi connectivity index (χ0) is 14.8. The van der Waals surface area contributed by atoms with Crippen molar-refractivity contribution in [1.82, 2.24) is 5.32 Å². The van der Waals surface area contributed by atoms with Crippen LogP contribution in [-0.4, -0.2) is 30.8 Å². The molecule has 3 nitrogen and oxygen atoms in total. The van der Waals surface area contributed by atoms with Gasteiger partial charge in [0.05, 0.1) is 6.10 Å². The lowest BCUT2D eigenvalue weighted by atomic mass is 9.46. The fourth-order valence-electron chi connectivity index (χ4n) is 4.17. The first-order valence-electron chi connectivity index (χ1n) is 8.57. The number of fused-ring (bicyclic) bond motifs is 1. The second kappa shape index (κ2) is 6.33. The first kappa shape index (κ1) is 16.3. The molecule has 0 aromatic carbocycles. The molecule has 1 aliphatic heterocycles. The minimum absolute atomic E-state index is 0.0915. The third-order valence-electron chi connectivity index (χ3n) is 5.88. The van der Waals surface area contributed by atoms with Crippen molar-refractivity contribution in [3.05, 3.63) is 0 Å². The molecule has 0 bridgehead atoms. The Hall–Kier alpha value is -0.120. The summed E-state index contributed by atoms with van der Waals surface area (Å²) in [5.74, 6) is 0.543. The molecule has 0 amide bonds. The van der Waals surface area contributed by atoms with Gasteiger partial charge in [0.2, 0.25) is 0 Å². The van der Waals surface area contributed by atoms with Crippen LogP contribution < -0.4 is 11.1 Å². The molecule has 4 atom stereocenters. The molecule has 2 aliphatic rings. The topological polar surface area (TPSA) is 47.3 Å². The summed E-state index contributed by atoms with van der Waals surface area (Å²) in [5.41, 5.74) is 6.79. The van der Waals surface area contributed by atoms with Gasteiger partial charge in [-0.25, -0.2) is 0 Å². The molecule has 0 aromatic heterocycles. The molecule has 1 heterocycles. The van der Waals surface area contributed by atoms with Gasteiger partial charge in [-0.15, -0.1) is 0 Å². The highest BCUT2D eigenvalue weighted by Gasteiger charge is 2.66. The van der Waals surface area contributed by atoms with Crippen LogP contribution in [0.5, 0.6) is 0 Å². The fourth-order valence-corrected chi connectivity index (χ4v) is 4.17. The van der Waals surface area contributed by atoms with E-state index in [1.54, 1.807) is 0 Å². The zero-order valence-corrected chi connectivity index (χ0v) is 13.9. The highest BCUT2D eigenvalue weighted by molar-refractivity contribution is 5.20. The molecule has 4 unspecified atom stereocenters. The summed E-state index contributed by atoms with van der Waals surface area (Å²) in [6.45, 7) is 11.0. The standard InChI is InChI=1S/C17H34N2O/c1-5-6-7-9-13(2)19-12-17(18)14-10-8-11-20-15(14)16(17,3)4/h13-15,19H,5-12,18H2,1-4H3. The fraction of sp³-hybridized carbons (Fsp3) is 1.00. The molecule has 118 valence electrons. The van der Waals surface area contributed by atoms with Crippen molar-refractivity contribution in [1.29, 1.82) is 0 Å². The van der Waals surface area contributed by atoms with Crippen LogP contribution in [0.25, 0.3) is 0 Å². The summed E-state index contributed by atoms with van der Waals surface area (Å²) < 4.78 is 5.97. The van der Waals surface area contributed by atoms with Crippen LogP contribution in [0, 0.1) is 11.3 Å². The Kier molecular flexibility index (Phi) is 5.14. The lowest BCUT2D eigenvalue weighted by Crippen LogP contribution is -2.80. The third-order valence-corrected chi connectivity index (χ3v) is 5.88. The molecular weight excluding hydrogens is 248 g/mol. The van der Waals surface area contributed by atoms with E-state index in [2.05, 4.69) is 33.0 Å². The van der Waals surface area contributed by atoms with Crippen LogP contribution in [0.15, 0.2) is 0 Å². The second-order valence-corrected chi connectivity index (χ2v) is 7.58. The van der Waals surface area contributed by atoms with Gasteiger partial charge in [-0.1, -0.05) is 40.0 Å². The molecule has 2 rings (SSSR count). The number of hydrogen-bond donors (Lipinski definition) is 2. The number of hydrogen-bond acceptors (Lipinski definition) is 3. The summed E-state index contributed by atoms with van der Waals surface area (Å²) in [4.78, 5) is 0. The smallest absolute Gasteiger partial charge is 0.0690 e. The number of ether oxygens (including phenoxy) is 1. The van der Waals surface area contributed by atoms with E-state index in [1.165, 1.54) is 38.5 Å². The summed E-state index contributed by atoms with van der Waals surface area (Å²) in [5, 5.41) is 3.69. The molecule has 3 heteroatoms. The van der Waals surface area contributed by atoms with Crippen LogP contribution in [0.1, 0.15) is 66.2 Å². The van der Waals surface area contributed by atoms with E-state index in [-0.39, 0.29) is 11.0 Å². The van der Waals surface area contributed by atoms with E-state index in [1.807, 2.05) is 0 Å². The predicted octanol–water partition coefficient (Wildman–Crippen LogP) is 3.08. The maximum absolute atomic E-state index is 6.80. The van der Waals surface area contributed by atoms with Crippen LogP contribution in [0.4, 0.5) is 0 Å². The lowest BCUT2D eigenvalue weighted by molar-refractivity contribution is -0.226. The molecule has 0 aromatic rings. The molecule has 0 radical (unpaired) electrons. The Labute approximate surface area is 125 Å². The summed E-state index contributed by atoms with van der Waals surface area (Å²) in [7, 11) is 0. The van der Waals surface area contributed by atoms with Gasteiger partial charge in [0.15, 0.2) is 0 Å². The number of nitrogens with two attached hydrogens (primary N) is 1. The molecule has 2 fully saturated rings.